The van der Waals surface area contributed by atoms with E-state index in [2.05, 4.69) is 10.6 Å². The van der Waals surface area contributed by atoms with E-state index in [9.17, 15) is 4.79 Å². The zero-order valence-electron chi connectivity index (χ0n) is 16.4. The first-order valence-corrected chi connectivity index (χ1v) is 9.73. The molecular weight excluding hydrogens is 356 g/mol. The quantitative estimate of drug-likeness (QED) is 0.682. The van der Waals surface area contributed by atoms with Gasteiger partial charge in [-0.15, -0.1) is 0 Å². The summed E-state index contributed by atoms with van der Waals surface area (Å²) in [4.78, 5) is 12.2. The Labute approximate surface area is 166 Å². The van der Waals surface area contributed by atoms with Gasteiger partial charge in [0.1, 0.15) is 18.1 Å². The predicted molar refractivity (Wildman–Crippen MR) is 110 cm³/mol. The van der Waals surface area contributed by atoms with E-state index in [0.717, 1.165) is 42.3 Å². The second-order valence-electron chi connectivity index (χ2n) is 7.07. The van der Waals surface area contributed by atoms with E-state index in [0.29, 0.717) is 6.61 Å². The third kappa shape index (κ3) is 6.46. The minimum absolute atomic E-state index is 0.120. The van der Waals surface area contributed by atoms with E-state index in [4.69, 9.17) is 14.2 Å². The maximum atomic E-state index is 12.2. The van der Waals surface area contributed by atoms with Crippen LogP contribution in [0.4, 0.5) is 11.4 Å². The fraction of sp³-hybridized carbons (Fsp3) is 0.409. The summed E-state index contributed by atoms with van der Waals surface area (Å²) < 4.78 is 17.0. The number of hydrogen-bond acceptors (Lipinski definition) is 5. The molecule has 1 amide bonds. The number of rotatable bonds is 9. The lowest BCUT2D eigenvalue weighted by Gasteiger charge is -2.13. The van der Waals surface area contributed by atoms with Crippen molar-refractivity contribution in [3.8, 4) is 11.5 Å². The summed E-state index contributed by atoms with van der Waals surface area (Å²) >= 11 is 0. The predicted octanol–water partition coefficient (Wildman–Crippen LogP) is 4.08. The first kappa shape index (κ1) is 20.0. The summed E-state index contributed by atoms with van der Waals surface area (Å²) in [6, 6.07) is 14.9. The minimum Gasteiger partial charge on any atom is -0.491 e. The van der Waals surface area contributed by atoms with Crippen molar-refractivity contribution in [2.75, 3.05) is 30.4 Å². The Bertz CT molecular complexity index is 755. The molecule has 6 nitrogen and oxygen atoms in total. The molecule has 1 saturated heterocycles. The van der Waals surface area contributed by atoms with E-state index in [1.165, 1.54) is 0 Å². The van der Waals surface area contributed by atoms with Crippen LogP contribution in [0, 0.1) is 0 Å². The molecule has 3 rings (SSSR count). The van der Waals surface area contributed by atoms with Gasteiger partial charge in [0, 0.05) is 24.0 Å². The minimum atomic E-state index is -0.122. The van der Waals surface area contributed by atoms with E-state index in [-0.39, 0.29) is 24.7 Å². The van der Waals surface area contributed by atoms with Gasteiger partial charge in [0.05, 0.1) is 18.8 Å². The van der Waals surface area contributed by atoms with Crippen LogP contribution < -0.4 is 20.1 Å². The van der Waals surface area contributed by atoms with Crippen molar-refractivity contribution in [2.24, 2.45) is 0 Å². The van der Waals surface area contributed by atoms with Crippen LogP contribution in [-0.4, -0.2) is 37.9 Å². The highest BCUT2D eigenvalue weighted by Gasteiger charge is 2.16. The van der Waals surface area contributed by atoms with Gasteiger partial charge in [-0.3, -0.25) is 4.79 Å². The van der Waals surface area contributed by atoms with Crippen LogP contribution in [0.5, 0.6) is 11.5 Å². The molecule has 28 heavy (non-hydrogen) atoms. The van der Waals surface area contributed by atoms with Gasteiger partial charge in [0.25, 0.3) is 0 Å². The van der Waals surface area contributed by atoms with Crippen molar-refractivity contribution in [2.45, 2.75) is 38.9 Å². The van der Waals surface area contributed by atoms with E-state index in [1.54, 1.807) is 0 Å². The van der Waals surface area contributed by atoms with Gasteiger partial charge in [-0.05, 0) is 63.1 Å². The van der Waals surface area contributed by atoms with Crippen molar-refractivity contribution in [1.82, 2.24) is 0 Å². The molecule has 0 aliphatic carbocycles. The van der Waals surface area contributed by atoms with Crippen LogP contribution in [0.1, 0.15) is 26.7 Å². The molecule has 1 fully saturated rings. The Balaban J connectivity index is 1.44. The van der Waals surface area contributed by atoms with Gasteiger partial charge in [-0.2, -0.15) is 0 Å². The highest BCUT2D eigenvalue weighted by atomic mass is 16.5. The maximum absolute atomic E-state index is 12.2. The molecule has 2 N–H and O–H groups in total. The van der Waals surface area contributed by atoms with Crippen LogP contribution in [0.15, 0.2) is 48.5 Å². The van der Waals surface area contributed by atoms with Gasteiger partial charge in [0.15, 0.2) is 0 Å². The first-order chi connectivity index (χ1) is 13.6. The molecule has 1 heterocycles. The van der Waals surface area contributed by atoms with Crippen LogP contribution in [-0.2, 0) is 9.53 Å². The first-order valence-electron chi connectivity index (χ1n) is 9.73. The molecule has 1 aliphatic rings. The second-order valence-corrected chi connectivity index (χ2v) is 7.07. The summed E-state index contributed by atoms with van der Waals surface area (Å²) in [5.41, 5.74) is 1.57. The molecule has 150 valence electrons. The standard InChI is InChI=1S/C22H28N2O4/c1-16(2)28-19-10-8-17(9-11-19)24-22(25)14-23-18-5-3-6-20(13-18)27-15-21-7-4-12-26-21/h3,5-6,8-11,13,16,21,23H,4,7,12,14-15H2,1-2H3,(H,24,25). The Kier molecular flexibility index (Phi) is 7.14. The molecule has 0 radical (unpaired) electrons. The molecule has 0 aromatic heterocycles. The summed E-state index contributed by atoms with van der Waals surface area (Å²) in [6.45, 7) is 5.49. The van der Waals surface area contributed by atoms with Crippen molar-refractivity contribution in [3.05, 3.63) is 48.5 Å². The normalized spacial score (nSPS) is 16.0. The van der Waals surface area contributed by atoms with Gasteiger partial charge in [0.2, 0.25) is 5.91 Å². The number of anilines is 2. The van der Waals surface area contributed by atoms with E-state index < -0.39 is 0 Å². The van der Waals surface area contributed by atoms with E-state index >= 15 is 0 Å². The Hall–Kier alpha value is -2.73. The lowest BCUT2D eigenvalue weighted by molar-refractivity contribution is -0.114. The number of amides is 1. The monoisotopic (exact) mass is 384 g/mol. The van der Waals surface area contributed by atoms with Gasteiger partial charge >= 0.3 is 0 Å². The smallest absolute Gasteiger partial charge is 0.243 e. The second kappa shape index (κ2) is 9.99. The molecule has 1 unspecified atom stereocenters. The fourth-order valence-electron chi connectivity index (χ4n) is 2.94. The molecule has 0 bridgehead atoms. The largest absolute Gasteiger partial charge is 0.491 e. The molecule has 2 aromatic carbocycles. The SMILES string of the molecule is CC(C)Oc1ccc(NC(=O)CNc2cccc(OCC3CCCO3)c2)cc1. The number of carbonyl (C=O) groups excluding carboxylic acids is 1. The fourth-order valence-corrected chi connectivity index (χ4v) is 2.94. The Morgan fingerprint density at radius 3 is 2.68 bits per heavy atom. The van der Waals surface area contributed by atoms with Crippen molar-refractivity contribution >= 4 is 17.3 Å². The van der Waals surface area contributed by atoms with Crippen LogP contribution in [0.25, 0.3) is 0 Å². The van der Waals surface area contributed by atoms with E-state index in [1.807, 2.05) is 62.4 Å². The highest BCUT2D eigenvalue weighted by Crippen LogP contribution is 2.20. The molecular formula is C22H28N2O4. The number of hydrogen-bond donors (Lipinski definition) is 2. The summed E-state index contributed by atoms with van der Waals surface area (Å²) in [5.74, 6) is 1.43. The van der Waals surface area contributed by atoms with Gasteiger partial charge in [-0.25, -0.2) is 0 Å². The van der Waals surface area contributed by atoms with Crippen LogP contribution in [0.3, 0.4) is 0 Å². The van der Waals surface area contributed by atoms with Gasteiger partial charge < -0.3 is 24.8 Å². The Morgan fingerprint density at radius 1 is 1.14 bits per heavy atom. The topological polar surface area (TPSA) is 68.8 Å². The highest BCUT2D eigenvalue weighted by molar-refractivity contribution is 5.93. The Morgan fingerprint density at radius 2 is 1.96 bits per heavy atom. The summed E-state index contributed by atoms with van der Waals surface area (Å²) in [6.07, 6.45) is 2.44. The average Bonchev–Trinajstić information content (AvgIpc) is 3.20. The third-order valence-electron chi connectivity index (χ3n) is 4.26. The lowest BCUT2D eigenvalue weighted by Crippen LogP contribution is -2.21. The zero-order valence-corrected chi connectivity index (χ0v) is 16.4. The van der Waals surface area contributed by atoms with Crippen molar-refractivity contribution in [3.63, 3.8) is 0 Å². The number of ether oxygens (including phenoxy) is 3. The van der Waals surface area contributed by atoms with Crippen molar-refractivity contribution in [1.29, 1.82) is 0 Å². The molecule has 0 saturated carbocycles. The molecule has 0 spiro atoms. The molecule has 1 atom stereocenters. The van der Waals surface area contributed by atoms with Crippen molar-refractivity contribution < 1.29 is 19.0 Å². The average molecular weight is 384 g/mol. The van der Waals surface area contributed by atoms with Crippen LogP contribution >= 0.6 is 0 Å². The third-order valence-corrected chi connectivity index (χ3v) is 4.26. The zero-order chi connectivity index (χ0) is 19.8. The molecule has 1 aliphatic heterocycles. The maximum Gasteiger partial charge on any atom is 0.243 e. The number of nitrogens with one attached hydrogen (secondary N) is 2. The summed E-state index contributed by atoms with van der Waals surface area (Å²) in [7, 11) is 0. The lowest BCUT2D eigenvalue weighted by atomic mass is 10.2. The van der Waals surface area contributed by atoms with Gasteiger partial charge in [-0.1, -0.05) is 6.07 Å². The summed E-state index contributed by atoms with van der Waals surface area (Å²) in [5, 5.41) is 5.99. The number of benzene rings is 2. The number of carbonyl (C=O) groups is 1. The van der Waals surface area contributed by atoms with Crippen LogP contribution in [0.2, 0.25) is 0 Å². The molecule has 6 heteroatoms. The molecule has 2 aromatic rings.